The van der Waals surface area contributed by atoms with Crippen LogP contribution >= 0.6 is 0 Å². The Kier molecular flexibility index (Phi) is 4.35. The molecule has 0 radical (unpaired) electrons. The number of rotatable bonds is 5. The third kappa shape index (κ3) is 4.15. The van der Waals surface area contributed by atoms with Gasteiger partial charge in [-0.2, -0.15) is 0 Å². The molecule has 0 bridgehead atoms. The number of phenols is 1. The van der Waals surface area contributed by atoms with Crippen molar-refractivity contribution in [3.63, 3.8) is 0 Å². The van der Waals surface area contributed by atoms with Crippen molar-refractivity contribution in [2.45, 2.75) is 33.1 Å². The van der Waals surface area contributed by atoms with Crippen LogP contribution in [-0.4, -0.2) is 10.9 Å². The van der Waals surface area contributed by atoms with E-state index in [2.05, 4.69) is 0 Å². The van der Waals surface area contributed by atoms with Crippen LogP contribution in [0.15, 0.2) is 24.3 Å². The van der Waals surface area contributed by atoms with E-state index in [1.165, 1.54) is 0 Å². The highest BCUT2D eigenvalue weighted by molar-refractivity contribution is 5.80. The molecule has 82 valence electrons. The van der Waals surface area contributed by atoms with Crippen LogP contribution in [0.1, 0.15) is 32.3 Å². The van der Waals surface area contributed by atoms with Crippen molar-refractivity contribution >= 4 is 5.78 Å². The molecule has 0 aromatic heterocycles. The number of aromatic hydroxyl groups is 1. The molecule has 2 heteroatoms. The van der Waals surface area contributed by atoms with E-state index in [4.69, 9.17) is 0 Å². The van der Waals surface area contributed by atoms with Gasteiger partial charge >= 0.3 is 0 Å². The number of aryl methyl sites for hydroxylation is 1. The zero-order valence-electron chi connectivity index (χ0n) is 9.36. The normalized spacial score (nSPS) is 10.6. The van der Waals surface area contributed by atoms with Crippen LogP contribution in [0.4, 0.5) is 0 Å². The maximum atomic E-state index is 11.4. The average molecular weight is 206 g/mol. The van der Waals surface area contributed by atoms with Gasteiger partial charge in [0.05, 0.1) is 0 Å². The first kappa shape index (κ1) is 11.8. The summed E-state index contributed by atoms with van der Waals surface area (Å²) in [6.45, 7) is 3.85. The minimum absolute atomic E-state index is 0.133. The zero-order valence-corrected chi connectivity index (χ0v) is 9.36. The third-order valence-electron chi connectivity index (χ3n) is 2.44. The Labute approximate surface area is 90.9 Å². The molecule has 1 rings (SSSR count). The Morgan fingerprint density at radius 3 is 2.73 bits per heavy atom. The first-order valence-corrected chi connectivity index (χ1v) is 5.40. The summed E-state index contributed by atoms with van der Waals surface area (Å²) >= 11 is 0. The summed E-state index contributed by atoms with van der Waals surface area (Å²) in [5, 5.41) is 9.24. The lowest BCUT2D eigenvalue weighted by Crippen LogP contribution is -2.06. The van der Waals surface area contributed by atoms with Gasteiger partial charge < -0.3 is 5.11 Å². The summed E-state index contributed by atoms with van der Waals surface area (Å²) < 4.78 is 0. The van der Waals surface area contributed by atoms with Gasteiger partial charge in [0.2, 0.25) is 0 Å². The summed E-state index contributed by atoms with van der Waals surface area (Å²) in [6.07, 6.45) is 2.35. The second-order valence-corrected chi connectivity index (χ2v) is 4.14. The molecule has 0 saturated carbocycles. The maximum Gasteiger partial charge on any atom is 0.135 e. The minimum Gasteiger partial charge on any atom is -0.508 e. The molecule has 0 amide bonds. The molecule has 0 aliphatic rings. The number of benzene rings is 1. The summed E-state index contributed by atoms with van der Waals surface area (Å²) in [7, 11) is 0. The fraction of sp³-hybridized carbons (Fsp3) is 0.462. The maximum absolute atomic E-state index is 11.4. The van der Waals surface area contributed by atoms with E-state index >= 15 is 0 Å². The van der Waals surface area contributed by atoms with E-state index < -0.39 is 0 Å². The van der Waals surface area contributed by atoms with Crippen molar-refractivity contribution in [3.8, 4) is 5.75 Å². The number of carbonyl (C=O) groups excluding carboxylic acids is 1. The predicted molar refractivity (Wildman–Crippen MR) is 60.9 cm³/mol. The van der Waals surface area contributed by atoms with Crippen molar-refractivity contribution < 1.29 is 9.90 Å². The molecule has 0 unspecified atom stereocenters. The SMILES string of the molecule is CC(C)C(=O)CCCc1cccc(O)c1. The number of ketones is 1. The Bertz CT molecular complexity index is 329. The van der Waals surface area contributed by atoms with Crippen LogP contribution in [-0.2, 0) is 11.2 Å². The monoisotopic (exact) mass is 206 g/mol. The van der Waals surface area contributed by atoms with Gasteiger partial charge in [0.25, 0.3) is 0 Å². The van der Waals surface area contributed by atoms with E-state index in [1.54, 1.807) is 12.1 Å². The average Bonchev–Trinajstić information content (AvgIpc) is 2.17. The van der Waals surface area contributed by atoms with Gasteiger partial charge in [0, 0.05) is 12.3 Å². The highest BCUT2D eigenvalue weighted by atomic mass is 16.3. The van der Waals surface area contributed by atoms with E-state index in [9.17, 15) is 9.90 Å². The molecule has 0 saturated heterocycles. The molecule has 0 aliphatic carbocycles. The van der Waals surface area contributed by atoms with Crippen molar-refractivity contribution in [2.75, 3.05) is 0 Å². The predicted octanol–water partition coefficient (Wildman–Crippen LogP) is 2.94. The lowest BCUT2D eigenvalue weighted by atomic mass is 10.0. The molecule has 0 fully saturated rings. The summed E-state index contributed by atoms with van der Waals surface area (Å²) in [5.41, 5.74) is 1.09. The third-order valence-corrected chi connectivity index (χ3v) is 2.44. The molecule has 0 heterocycles. The van der Waals surface area contributed by atoms with Crippen LogP contribution in [0, 0.1) is 5.92 Å². The standard InChI is InChI=1S/C13H18O2/c1-10(2)13(15)8-4-6-11-5-3-7-12(14)9-11/h3,5,7,9-10,14H,4,6,8H2,1-2H3. The van der Waals surface area contributed by atoms with Crippen molar-refractivity contribution in [3.05, 3.63) is 29.8 Å². The smallest absolute Gasteiger partial charge is 0.135 e. The molecular formula is C13H18O2. The molecule has 0 aliphatic heterocycles. The quantitative estimate of drug-likeness (QED) is 0.804. The number of hydrogen-bond acceptors (Lipinski definition) is 2. The Balaban J connectivity index is 2.35. The molecule has 1 N–H and O–H groups in total. The number of Topliss-reactive ketones (excluding diaryl/α,β-unsaturated/α-hetero) is 1. The second kappa shape index (κ2) is 5.54. The topological polar surface area (TPSA) is 37.3 Å². The van der Waals surface area contributed by atoms with E-state index in [0.29, 0.717) is 18.0 Å². The van der Waals surface area contributed by atoms with Gasteiger partial charge in [-0.25, -0.2) is 0 Å². The first-order valence-electron chi connectivity index (χ1n) is 5.40. The van der Waals surface area contributed by atoms with Gasteiger partial charge in [-0.05, 0) is 30.5 Å². The first-order chi connectivity index (χ1) is 7.09. The van der Waals surface area contributed by atoms with E-state index in [1.807, 2.05) is 26.0 Å². The fourth-order valence-corrected chi connectivity index (χ4v) is 1.47. The summed E-state index contributed by atoms with van der Waals surface area (Å²) in [5.74, 6) is 0.743. The van der Waals surface area contributed by atoms with Crippen LogP contribution in [0.5, 0.6) is 5.75 Å². The molecule has 1 aromatic carbocycles. The van der Waals surface area contributed by atoms with Crippen LogP contribution in [0.2, 0.25) is 0 Å². The van der Waals surface area contributed by atoms with Crippen molar-refractivity contribution in [2.24, 2.45) is 5.92 Å². The van der Waals surface area contributed by atoms with Crippen LogP contribution in [0.25, 0.3) is 0 Å². The summed E-state index contributed by atoms with van der Waals surface area (Å²) in [4.78, 5) is 11.4. The van der Waals surface area contributed by atoms with Crippen LogP contribution < -0.4 is 0 Å². The zero-order chi connectivity index (χ0) is 11.3. The van der Waals surface area contributed by atoms with Gasteiger partial charge in [-0.15, -0.1) is 0 Å². The highest BCUT2D eigenvalue weighted by Crippen LogP contribution is 2.13. The Hall–Kier alpha value is -1.31. The lowest BCUT2D eigenvalue weighted by Gasteiger charge is -2.04. The van der Waals surface area contributed by atoms with Gasteiger partial charge in [0.15, 0.2) is 0 Å². The van der Waals surface area contributed by atoms with Crippen LogP contribution in [0.3, 0.4) is 0 Å². The highest BCUT2D eigenvalue weighted by Gasteiger charge is 2.06. The number of carbonyl (C=O) groups is 1. The largest absolute Gasteiger partial charge is 0.508 e. The molecule has 1 aromatic rings. The molecular weight excluding hydrogens is 188 g/mol. The fourth-order valence-electron chi connectivity index (χ4n) is 1.47. The Morgan fingerprint density at radius 1 is 1.40 bits per heavy atom. The molecule has 15 heavy (non-hydrogen) atoms. The minimum atomic E-state index is 0.133. The van der Waals surface area contributed by atoms with Crippen molar-refractivity contribution in [1.82, 2.24) is 0 Å². The number of phenolic OH excluding ortho intramolecular Hbond substituents is 1. The lowest BCUT2D eigenvalue weighted by molar-refractivity contribution is -0.121. The molecule has 0 spiro atoms. The van der Waals surface area contributed by atoms with Gasteiger partial charge in [0.1, 0.15) is 11.5 Å². The number of hydrogen-bond donors (Lipinski definition) is 1. The van der Waals surface area contributed by atoms with E-state index in [-0.39, 0.29) is 5.92 Å². The summed E-state index contributed by atoms with van der Waals surface area (Å²) in [6, 6.07) is 7.21. The molecule has 2 nitrogen and oxygen atoms in total. The van der Waals surface area contributed by atoms with Gasteiger partial charge in [-0.3, -0.25) is 4.79 Å². The Morgan fingerprint density at radius 2 is 2.13 bits per heavy atom. The van der Waals surface area contributed by atoms with Crippen molar-refractivity contribution in [1.29, 1.82) is 0 Å². The second-order valence-electron chi connectivity index (χ2n) is 4.14. The van der Waals surface area contributed by atoms with Gasteiger partial charge in [-0.1, -0.05) is 26.0 Å². The molecule has 0 atom stereocenters. The van der Waals surface area contributed by atoms with E-state index in [0.717, 1.165) is 18.4 Å².